The van der Waals surface area contributed by atoms with Crippen LogP contribution in [0.5, 0.6) is 0 Å². The minimum absolute atomic E-state index is 0.218. The molecule has 2 atom stereocenters. The van der Waals surface area contributed by atoms with Gasteiger partial charge in [-0.25, -0.2) is 0 Å². The molecule has 2 N–H and O–H groups in total. The highest BCUT2D eigenvalue weighted by Gasteiger charge is 2.10. The molecule has 2 aromatic rings. The van der Waals surface area contributed by atoms with E-state index >= 15 is 0 Å². The largest absolute Gasteiger partial charge is 0.388 e. The van der Waals surface area contributed by atoms with E-state index in [1.165, 1.54) is 0 Å². The normalized spacial score (nSPS) is 13.6. The van der Waals surface area contributed by atoms with Crippen LogP contribution in [0.1, 0.15) is 36.1 Å². The van der Waals surface area contributed by atoms with Crippen molar-refractivity contribution in [2.24, 2.45) is 0 Å². The summed E-state index contributed by atoms with van der Waals surface area (Å²) >= 11 is 0. The third-order valence-electron chi connectivity index (χ3n) is 3.70. The van der Waals surface area contributed by atoms with Gasteiger partial charge in [0.25, 0.3) is 0 Å². The van der Waals surface area contributed by atoms with E-state index in [1.807, 2.05) is 66.7 Å². The van der Waals surface area contributed by atoms with Crippen LogP contribution in [0.2, 0.25) is 0 Å². The summed E-state index contributed by atoms with van der Waals surface area (Å²) in [5.41, 5.74) is 2.70. The smallest absolute Gasteiger partial charge is 0.0991 e. The summed E-state index contributed by atoms with van der Waals surface area (Å²) in [6.45, 7) is 2.81. The van der Waals surface area contributed by atoms with E-state index < -0.39 is 6.10 Å². The van der Waals surface area contributed by atoms with Crippen molar-refractivity contribution < 1.29 is 5.11 Å². The van der Waals surface area contributed by atoms with Gasteiger partial charge in [0.2, 0.25) is 0 Å². The Bertz CT molecular complexity index is 656. The number of aliphatic hydroxyl groups excluding tert-OH is 1. The van der Waals surface area contributed by atoms with Gasteiger partial charge in [0, 0.05) is 12.6 Å². The Morgan fingerprint density at radius 3 is 2.48 bits per heavy atom. The molecule has 0 aliphatic rings. The van der Waals surface area contributed by atoms with Gasteiger partial charge in [-0.05, 0) is 36.6 Å². The Labute approximate surface area is 137 Å². The second-order valence-corrected chi connectivity index (χ2v) is 5.61. The predicted molar refractivity (Wildman–Crippen MR) is 93.7 cm³/mol. The van der Waals surface area contributed by atoms with Crippen molar-refractivity contribution in [2.45, 2.75) is 25.5 Å². The zero-order valence-electron chi connectivity index (χ0n) is 13.3. The molecule has 23 heavy (non-hydrogen) atoms. The van der Waals surface area contributed by atoms with Gasteiger partial charge in [0.15, 0.2) is 0 Å². The molecule has 3 heteroatoms. The van der Waals surface area contributed by atoms with Gasteiger partial charge in [0.05, 0.1) is 17.7 Å². The van der Waals surface area contributed by atoms with Crippen LogP contribution in [0.3, 0.4) is 0 Å². The first kappa shape index (κ1) is 17.0. The molecule has 0 aliphatic heterocycles. The summed E-state index contributed by atoms with van der Waals surface area (Å²) in [4.78, 5) is 0. The zero-order chi connectivity index (χ0) is 16.5. The zero-order valence-corrected chi connectivity index (χ0v) is 13.3. The summed E-state index contributed by atoms with van der Waals surface area (Å²) in [5, 5.41) is 22.3. The Hall–Kier alpha value is -2.41. The number of hydrogen-bond donors (Lipinski definition) is 2. The lowest BCUT2D eigenvalue weighted by Crippen LogP contribution is -2.27. The average molecular weight is 306 g/mol. The molecule has 0 saturated carbocycles. The fraction of sp³-hybridized carbons (Fsp3) is 0.250. The molecule has 2 unspecified atom stereocenters. The molecular formula is C20H22N2O. The molecule has 0 saturated heterocycles. The molecule has 0 bridgehead atoms. The Balaban J connectivity index is 1.74. The molecule has 118 valence electrons. The summed E-state index contributed by atoms with van der Waals surface area (Å²) in [6, 6.07) is 19.5. The monoisotopic (exact) mass is 306 g/mol. The van der Waals surface area contributed by atoms with E-state index in [0.717, 1.165) is 17.7 Å². The second kappa shape index (κ2) is 8.89. The van der Waals surface area contributed by atoms with Crippen molar-refractivity contribution in [2.75, 3.05) is 6.54 Å². The van der Waals surface area contributed by atoms with E-state index in [2.05, 4.69) is 18.3 Å². The van der Waals surface area contributed by atoms with Gasteiger partial charge in [0.1, 0.15) is 0 Å². The van der Waals surface area contributed by atoms with Crippen molar-refractivity contribution in [3.05, 3.63) is 77.4 Å². The third-order valence-corrected chi connectivity index (χ3v) is 3.70. The minimum atomic E-state index is -0.443. The average Bonchev–Trinajstić information content (AvgIpc) is 2.60. The topological polar surface area (TPSA) is 56.0 Å². The standard InChI is InChI=1S/C20H22N2O/c1-16(14-20(23)19-7-3-2-4-8-19)22-13-5-6-17-9-11-18(15-21)12-10-17/h2-12,16,20,22-23H,13-14H2,1H3/b6-5+. The van der Waals surface area contributed by atoms with Crippen LogP contribution >= 0.6 is 0 Å². The molecule has 2 aromatic carbocycles. The van der Waals surface area contributed by atoms with Crippen LogP contribution in [-0.2, 0) is 0 Å². The lowest BCUT2D eigenvalue weighted by molar-refractivity contribution is 0.155. The fourth-order valence-corrected chi connectivity index (χ4v) is 2.36. The number of rotatable bonds is 7. The van der Waals surface area contributed by atoms with Gasteiger partial charge in [-0.1, -0.05) is 54.6 Å². The highest BCUT2D eigenvalue weighted by atomic mass is 16.3. The molecule has 0 aromatic heterocycles. The maximum Gasteiger partial charge on any atom is 0.0991 e. The van der Waals surface area contributed by atoms with Crippen molar-refractivity contribution >= 4 is 6.08 Å². The lowest BCUT2D eigenvalue weighted by Gasteiger charge is -2.17. The summed E-state index contributed by atoms with van der Waals surface area (Å²) < 4.78 is 0. The van der Waals surface area contributed by atoms with Crippen LogP contribution in [0.25, 0.3) is 6.08 Å². The Morgan fingerprint density at radius 2 is 1.83 bits per heavy atom. The highest BCUT2D eigenvalue weighted by molar-refractivity contribution is 5.51. The fourth-order valence-electron chi connectivity index (χ4n) is 2.36. The quantitative estimate of drug-likeness (QED) is 0.820. The van der Waals surface area contributed by atoms with Crippen LogP contribution in [0, 0.1) is 11.3 Å². The number of nitriles is 1. The lowest BCUT2D eigenvalue weighted by atomic mass is 10.0. The molecule has 3 nitrogen and oxygen atoms in total. The second-order valence-electron chi connectivity index (χ2n) is 5.61. The van der Waals surface area contributed by atoms with Crippen LogP contribution in [0.4, 0.5) is 0 Å². The molecule has 0 spiro atoms. The van der Waals surface area contributed by atoms with Crippen LogP contribution in [0.15, 0.2) is 60.7 Å². The van der Waals surface area contributed by atoms with E-state index in [9.17, 15) is 5.11 Å². The first-order valence-corrected chi connectivity index (χ1v) is 7.82. The van der Waals surface area contributed by atoms with Crippen molar-refractivity contribution in [3.8, 4) is 6.07 Å². The SMILES string of the molecule is CC(CC(O)c1ccccc1)NC/C=C/c1ccc(C#N)cc1. The molecule has 0 heterocycles. The van der Waals surface area contributed by atoms with E-state index in [0.29, 0.717) is 12.0 Å². The number of aliphatic hydroxyl groups is 1. The molecule has 0 amide bonds. The van der Waals surface area contributed by atoms with Gasteiger partial charge in [-0.2, -0.15) is 5.26 Å². The van der Waals surface area contributed by atoms with Gasteiger partial charge < -0.3 is 10.4 Å². The first-order valence-electron chi connectivity index (χ1n) is 7.82. The number of hydrogen-bond acceptors (Lipinski definition) is 3. The summed E-state index contributed by atoms with van der Waals surface area (Å²) in [7, 11) is 0. The maximum absolute atomic E-state index is 10.2. The number of nitrogens with zero attached hydrogens (tertiary/aromatic N) is 1. The third kappa shape index (κ3) is 5.71. The molecule has 0 radical (unpaired) electrons. The van der Waals surface area contributed by atoms with E-state index in [4.69, 9.17) is 5.26 Å². The molecule has 0 fully saturated rings. The molecule has 0 aliphatic carbocycles. The van der Waals surface area contributed by atoms with Gasteiger partial charge in [-0.3, -0.25) is 0 Å². The van der Waals surface area contributed by atoms with Crippen molar-refractivity contribution in [3.63, 3.8) is 0 Å². The minimum Gasteiger partial charge on any atom is -0.388 e. The summed E-state index contributed by atoms with van der Waals surface area (Å²) in [5.74, 6) is 0. The van der Waals surface area contributed by atoms with E-state index in [-0.39, 0.29) is 6.04 Å². The Morgan fingerprint density at radius 1 is 1.13 bits per heavy atom. The van der Waals surface area contributed by atoms with Crippen molar-refractivity contribution in [1.29, 1.82) is 5.26 Å². The van der Waals surface area contributed by atoms with Gasteiger partial charge >= 0.3 is 0 Å². The predicted octanol–water partition coefficient (Wildman–Crippen LogP) is 3.67. The van der Waals surface area contributed by atoms with Crippen LogP contribution < -0.4 is 5.32 Å². The summed E-state index contributed by atoms with van der Waals surface area (Å²) in [6.07, 6.45) is 4.30. The first-order chi connectivity index (χ1) is 11.2. The molecular weight excluding hydrogens is 284 g/mol. The van der Waals surface area contributed by atoms with Gasteiger partial charge in [-0.15, -0.1) is 0 Å². The van der Waals surface area contributed by atoms with Crippen LogP contribution in [-0.4, -0.2) is 17.7 Å². The number of nitrogens with one attached hydrogen (secondary N) is 1. The van der Waals surface area contributed by atoms with E-state index in [1.54, 1.807) is 0 Å². The highest BCUT2D eigenvalue weighted by Crippen LogP contribution is 2.17. The van der Waals surface area contributed by atoms with Crippen molar-refractivity contribution in [1.82, 2.24) is 5.32 Å². The number of benzene rings is 2. The Kier molecular flexibility index (Phi) is 6.56. The maximum atomic E-state index is 10.2. The molecule has 2 rings (SSSR count).